The quantitative estimate of drug-likeness (QED) is 0.543. The molecule has 0 fully saturated rings. The van der Waals surface area contributed by atoms with E-state index in [2.05, 4.69) is 4.98 Å². The summed E-state index contributed by atoms with van der Waals surface area (Å²) in [5.41, 5.74) is 5.49. The number of aromatic amines is 1. The highest BCUT2D eigenvalue weighted by atomic mass is 35.5. The minimum atomic E-state index is -4.58. The molecule has 0 saturated carbocycles. The molecule has 0 unspecified atom stereocenters. The summed E-state index contributed by atoms with van der Waals surface area (Å²) in [7, 11) is -4.58. The fourth-order valence-electron chi connectivity index (χ4n) is 1.31. The molecule has 8 heteroatoms. The van der Waals surface area contributed by atoms with Crippen molar-refractivity contribution in [3.05, 3.63) is 29.6 Å². The van der Waals surface area contributed by atoms with Crippen LogP contribution in [-0.4, -0.2) is 29.7 Å². The number of rotatable bonds is 5. The van der Waals surface area contributed by atoms with Crippen molar-refractivity contribution in [2.45, 2.75) is 5.25 Å². The van der Waals surface area contributed by atoms with E-state index in [-0.39, 0.29) is 5.69 Å². The summed E-state index contributed by atoms with van der Waals surface area (Å²) in [5, 5.41) is -1.79. The number of allylic oxidation sites excluding steroid dienone is 1. The molecule has 1 aromatic rings. The van der Waals surface area contributed by atoms with Crippen LogP contribution in [0.2, 0.25) is 0 Å². The fourth-order valence-corrected chi connectivity index (χ4v) is 2.15. The minimum Gasteiger partial charge on any atom is -0.368 e. The molecule has 4 N–H and O–H groups in total. The number of hydrogen-bond acceptors (Lipinski definition) is 3. The van der Waals surface area contributed by atoms with Crippen molar-refractivity contribution in [3.8, 4) is 0 Å². The summed E-state index contributed by atoms with van der Waals surface area (Å²) in [4.78, 5) is 13.6. The third kappa shape index (κ3) is 3.58. The lowest BCUT2D eigenvalue weighted by atomic mass is 10.3. The summed E-state index contributed by atoms with van der Waals surface area (Å²) in [6, 6.07) is 2.90. The Hall–Kier alpha value is -1.31. The van der Waals surface area contributed by atoms with Crippen molar-refractivity contribution in [2.24, 2.45) is 5.73 Å². The van der Waals surface area contributed by atoms with Crippen LogP contribution in [0.3, 0.4) is 0 Å². The average Bonchev–Trinajstić information content (AvgIpc) is 2.60. The molecule has 0 saturated heterocycles. The molecule has 94 valence electrons. The number of aromatic nitrogens is 1. The molecule has 1 heterocycles. The molecule has 17 heavy (non-hydrogen) atoms. The normalized spacial score (nSPS) is 14.0. The molecule has 1 atom stereocenters. The predicted molar refractivity (Wildman–Crippen MR) is 64.0 cm³/mol. The van der Waals surface area contributed by atoms with Crippen LogP contribution in [-0.2, 0) is 14.9 Å². The summed E-state index contributed by atoms with van der Waals surface area (Å²) < 4.78 is 30.9. The molecule has 0 aromatic carbocycles. The highest BCUT2D eigenvalue weighted by Gasteiger charge is 2.32. The van der Waals surface area contributed by atoms with Gasteiger partial charge in [0.25, 0.3) is 10.1 Å². The first kappa shape index (κ1) is 13.8. The average molecular weight is 279 g/mol. The van der Waals surface area contributed by atoms with E-state index in [1.165, 1.54) is 6.07 Å². The van der Waals surface area contributed by atoms with E-state index < -0.39 is 21.3 Å². The maximum absolute atomic E-state index is 11.0. The van der Waals surface area contributed by atoms with Gasteiger partial charge in [0.15, 0.2) is 0 Å². The first-order chi connectivity index (χ1) is 7.86. The summed E-state index contributed by atoms with van der Waals surface area (Å²) >= 11 is 5.43. The van der Waals surface area contributed by atoms with Crippen molar-refractivity contribution in [3.63, 3.8) is 0 Å². The standard InChI is InChI=1S/C9H11ClN2O4S/c10-5-1-2-6-3-4-7(12-6)8(9(11)13)17(14,15)16/h1-4,8,12H,5H2,(H2,11,13)(H,14,15,16)/b2-1-/t8-/m0/s1. The van der Waals surface area contributed by atoms with Gasteiger partial charge in [0.2, 0.25) is 11.2 Å². The van der Waals surface area contributed by atoms with E-state index >= 15 is 0 Å². The maximum Gasteiger partial charge on any atom is 0.282 e. The van der Waals surface area contributed by atoms with Crippen LogP contribution in [0, 0.1) is 0 Å². The SMILES string of the molecule is NC(=O)[C@H](c1ccc(/C=C\CCl)[nH]1)S(=O)(=O)O. The van der Waals surface area contributed by atoms with Gasteiger partial charge >= 0.3 is 0 Å². The number of H-pyrrole nitrogens is 1. The minimum absolute atomic E-state index is 0.00854. The summed E-state index contributed by atoms with van der Waals surface area (Å²) in [5.74, 6) is -0.853. The lowest BCUT2D eigenvalue weighted by Gasteiger charge is -2.07. The highest BCUT2D eigenvalue weighted by Crippen LogP contribution is 2.20. The van der Waals surface area contributed by atoms with Crippen LogP contribution in [0.4, 0.5) is 0 Å². The second-order valence-corrected chi connectivity index (χ2v) is 5.03. The number of nitrogens with two attached hydrogens (primary N) is 1. The zero-order valence-corrected chi connectivity index (χ0v) is 10.2. The van der Waals surface area contributed by atoms with Crippen LogP contribution in [0.25, 0.3) is 6.08 Å². The number of carbonyl (C=O) groups is 1. The Balaban J connectivity index is 3.10. The van der Waals surface area contributed by atoms with Crippen LogP contribution in [0.15, 0.2) is 18.2 Å². The molecule has 0 radical (unpaired) electrons. The number of hydrogen-bond donors (Lipinski definition) is 3. The number of amides is 1. The molecule has 1 rings (SSSR count). The molecule has 0 aliphatic heterocycles. The largest absolute Gasteiger partial charge is 0.368 e. The van der Waals surface area contributed by atoms with Crippen LogP contribution in [0.5, 0.6) is 0 Å². The maximum atomic E-state index is 11.0. The van der Waals surface area contributed by atoms with E-state index in [0.29, 0.717) is 11.6 Å². The van der Waals surface area contributed by atoms with Gasteiger partial charge in [0.05, 0.1) is 0 Å². The van der Waals surface area contributed by atoms with Crippen molar-refractivity contribution in [1.82, 2.24) is 4.98 Å². The Morgan fingerprint density at radius 2 is 2.24 bits per heavy atom. The Morgan fingerprint density at radius 3 is 2.71 bits per heavy atom. The van der Waals surface area contributed by atoms with E-state index in [0.717, 1.165) is 0 Å². The van der Waals surface area contributed by atoms with Crippen LogP contribution in [0.1, 0.15) is 16.6 Å². The Kier molecular flexibility index (Phi) is 4.33. The zero-order chi connectivity index (χ0) is 13.1. The van der Waals surface area contributed by atoms with Gasteiger partial charge in [-0.15, -0.1) is 11.6 Å². The van der Waals surface area contributed by atoms with Gasteiger partial charge in [-0.05, 0) is 18.2 Å². The first-order valence-corrected chi connectivity index (χ1v) is 6.57. The molecule has 6 nitrogen and oxygen atoms in total. The molecule has 0 spiro atoms. The molecule has 0 aliphatic rings. The Labute approximate surface area is 103 Å². The van der Waals surface area contributed by atoms with Gasteiger partial charge in [0, 0.05) is 17.3 Å². The van der Waals surface area contributed by atoms with Gasteiger partial charge in [-0.3, -0.25) is 9.35 Å². The van der Waals surface area contributed by atoms with Crippen molar-refractivity contribution in [2.75, 3.05) is 5.88 Å². The summed E-state index contributed by atoms with van der Waals surface area (Å²) in [6.45, 7) is 0. The molecule has 1 aromatic heterocycles. The second-order valence-electron chi connectivity index (χ2n) is 3.22. The van der Waals surface area contributed by atoms with Gasteiger partial charge in [0.1, 0.15) is 0 Å². The van der Waals surface area contributed by atoms with Crippen LogP contribution < -0.4 is 5.73 Å². The number of carbonyl (C=O) groups excluding carboxylic acids is 1. The van der Waals surface area contributed by atoms with Gasteiger partial charge in [-0.25, -0.2) is 0 Å². The van der Waals surface area contributed by atoms with E-state index in [4.69, 9.17) is 21.9 Å². The smallest absolute Gasteiger partial charge is 0.282 e. The number of nitrogens with one attached hydrogen (secondary N) is 1. The van der Waals surface area contributed by atoms with Gasteiger partial charge < -0.3 is 10.7 Å². The lowest BCUT2D eigenvalue weighted by Crippen LogP contribution is -2.28. The molecular weight excluding hydrogens is 268 g/mol. The van der Waals surface area contributed by atoms with E-state index in [1.807, 2.05) is 0 Å². The predicted octanol–water partition coefficient (Wildman–Crippen LogP) is 0.681. The van der Waals surface area contributed by atoms with Crippen LogP contribution >= 0.6 is 11.6 Å². The third-order valence-electron chi connectivity index (χ3n) is 1.96. The molecule has 1 amide bonds. The van der Waals surface area contributed by atoms with Crippen molar-refractivity contribution >= 4 is 33.7 Å². The number of alkyl halides is 1. The zero-order valence-electron chi connectivity index (χ0n) is 8.63. The molecular formula is C9H11ClN2O4S. The van der Waals surface area contributed by atoms with Crippen molar-refractivity contribution < 1.29 is 17.8 Å². The second kappa shape index (κ2) is 5.35. The highest BCUT2D eigenvalue weighted by molar-refractivity contribution is 7.86. The topological polar surface area (TPSA) is 113 Å². The monoisotopic (exact) mass is 278 g/mol. The summed E-state index contributed by atoms with van der Waals surface area (Å²) in [6.07, 6.45) is 3.24. The number of halogens is 1. The van der Waals surface area contributed by atoms with Gasteiger partial charge in [-0.2, -0.15) is 8.42 Å². The molecule has 0 bridgehead atoms. The van der Waals surface area contributed by atoms with E-state index in [1.54, 1.807) is 18.2 Å². The number of primary amides is 1. The van der Waals surface area contributed by atoms with Gasteiger partial charge in [-0.1, -0.05) is 6.08 Å². The van der Waals surface area contributed by atoms with E-state index in [9.17, 15) is 13.2 Å². The molecule has 0 aliphatic carbocycles. The first-order valence-electron chi connectivity index (χ1n) is 4.53. The van der Waals surface area contributed by atoms with Crippen molar-refractivity contribution in [1.29, 1.82) is 0 Å². The fraction of sp³-hybridized carbons (Fsp3) is 0.222. The lowest BCUT2D eigenvalue weighted by molar-refractivity contribution is -0.117. The Morgan fingerprint density at radius 1 is 1.59 bits per heavy atom. The third-order valence-corrected chi connectivity index (χ3v) is 3.22. The Bertz CT molecular complexity index is 535.